The third-order valence-corrected chi connectivity index (χ3v) is 2.81. The summed E-state index contributed by atoms with van der Waals surface area (Å²) in [6.45, 7) is 2.22. The molecule has 1 aliphatic rings. The molecule has 0 heterocycles. The van der Waals surface area contributed by atoms with E-state index in [1.165, 1.54) is 17.5 Å². The lowest BCUT2D eigenvalue weighted by atomic mass is 9.79. The van der Waals surface area contributed by atoms with Gasteiger partial charge in [-0.25, -0.2) is 0 Å². The van der Waals surface area contributed by atoms with Gasteiger partial charge in [-0.15, -0.1) is 0 Å². The maximum atomic E-state index is 3.66. The number of fused-ring (bicyclic) bond motifs is 1. The number of alkyl halides is 1. The molecule has 0 fully saturated rings. The minimum Gasteiger partial charge on any atom is -0.0801 e. The molecular weight excluding hydrogens is 188 g/mol. The second kappa shape index (κ2) is 1.85. The first kappa shape index (κ1) is 6.41. The van der Waals surface area contributed by atoms with Crippen molar-refractivity contribution in [2.24, 2.45) is 0 Å². The van der Waals surface area contributed by atoms with E-state index < -0.39 is 0 Å². The summed E-state index contributed by atoms with van der Waals surface area (Å²) in [5.41, 5.74) is 2.94. The molecule has 0 nitrogen and oxygen atoms in total. The molecule has 1 aromatic rings. The number of hydrogen-bond acceptors (Lipinski definition) is 0. The number of hydrogen-bond donors (Lipinski definition) is 0. The molecule has 0 spiro atoms. The lowest BCUT2D eigenvalue weighted by molar-refractivity contribution is 0.617. The second-order valence-corrected chi connectivity index (χ2v) is 4.78. The van der Waals surface area contributed by atoms with Crippen LogP contribution in [0.2, 0.25) is 0 Å². The molecule has 0 radical (unpaired) electrons. The molecule has 0 aliphatic heterocycles. The summed E-state index contributed by atoms with van der Waals surface area (Å²) in [5.74, 6) is 0. The molecule has 1 atom stereocenters. The van der Waals surface area contributed by atoms with Crippen molar-refractivity contribution in [2.75, 3.05) is 0 Å². The van der Waals surface area contributed by atoms with Gasteiger partial charge in [-0.3, -0.25) is 0 Å². The first-order valence-electron chi connectivity index (χ1n) is 3.47. The standard InChI is InChI=1S/C9H9Br/c1-9(10)6-7-4-2-3-5-8(7)9/h2-5H,6H2,1H3. The van der Waals surface area contributed by atoms with Crippen LogP contribution < -0.4 is 0 Å². The van der Waals surface area contributed by atoms with Crippen LogP contribution in [0.25, 0.3) is 0 Å². The minimum atomic E-state index is 0.267. The summed E-state index contributed by atoms with van der Waals surface area (Å²) in [7, 11) is 0. The highest BCUT2D eigenvalue weighted by atomic mass is 79.9. The van der Waals surface area contributed by atoms with Crippen molar-refractivity contribution < 1.29 is 0 Å². The zero-order valence-corrected chi connectivity index (χ0v) is 7.48. The van der Waals surface area contributed by atoms with Gasteiger partial charge in [0.1, 0.15) is 0 Å². The summed E-state index contributed by atoms with van der Waals surface area (Å²) in [5, 5.41) is 0. The van der Waals surface area contributed by atoms with E-state index in [-0.39, 0.29) is 4.32 Å². The third-order valence-electron chi connectivity index (χ3n) is 2.10. The molecule has 0 N–H and O–H groups in total. The van der Waals surface area contributed by atoms with E-state index in [0.29, 0.717) is 0 Å². The average molecular weight is 197 g/mol. The van der Waals surface area contributed by atoms with E-state index >= 15 is 0 Å². The van der Waals surface area contributed by atoms with Crippen LogP contribution in [0.15, 0.2) is 24.3 Å². The molecule has 10 heavy (non-hydrogen) atoms. The largest absolute Gasteiger partial charge is 0.0801 e. The van der Waals surface area contributed by atoms with Gasteiger partial charge in [0.15, 0.2) is 0 Å². The van der Waals surface area contributed by atoms with Crippen LogP contribution in [0.5, 0.6) is 0 Å². The Labute approximate surface area is 69.4 Å². The molecule has 0 amide bonds. The van der Waals surface area contributed by atoms with Crippen LogP contribution in [0.3, 0.4) is 0 Å². The quantitative estimate of drug-likeness (QED) is 0.561. The first-order chi connectivity index (χ1) is 4.70. The van der Waals surface area contributed by atoms with Gasteiger partial charge in [0.05, 0.1) is 4.32 Å². The highest BCUT2D eigenvalue weighted by Crippen LogP contribution is 2.45. The number of halogens is 1. The summed E-state index contributed by atoms with van der Waals surface area (Å²) in [6, 6.07) is 8.57. The van der Waals surface area contributed by atoms with Crippen LogP contribution in [0.1, 0.15) is 18.1 Å². The molecule has 0 bridgehead atoms. The Morgan fingerprint density at radius 2 is 2.10 bits per heavy atom. The highest BCUT2D eigenvalue weighted by molar-refractivity contribution is 9.09. The molecule has 1 heteroatoms. The Balaban J connectivity index is 2.53. The average Bonchev–Trinajstić information content (AvgIpc) is 1.86. The predicted octanol–water partition coefficient (Wildman–Crippen LogP) is 2.85. The summed E-state index contributed by atoms with van der Waals surface area (Å²) >= 11 is 3.66. The monoisotopic (exact) mass is 196 g/mol. The van der Waals surface area contributed by atoms with Gasteiger partial charge in [0.2, 0.25) is 0 Å². The Morgan fingerprint density at radius 3 is 2.60 bits per heavy atom. The fourth-order valence-electron chi connectivity index (χ4n) is 1.53. The lowest BCUT2D eigenvalue weighted by Gasteiger charge is -2.35. The summed E-state index contributed by atoms with van der Waals surface area (Å²) < 4.78 is 0.267. The fraction of sp³-hybridized carbons (Fsp3) is 0.333. The van der Waals surface area contributed by atoms with Gasteiger partial charge in [-0.2, -0.15) is 0 Å². The maximum absolute atomic E-state index is 3.66. The van der Waals surface area contributed by atoms with E-state index in [0.717, 1.165) is 0 Å². The topological polar surface area (TPSA) is 0 Å². The number of benzene rings is 1. The Bertz CT molecular complexity index is 263. The lowest BCUT2D eigenvalue weighted by Crippen LogP contribution is -2.28. The SMILES string of the molecule is CC1(Br)Cc2ccccc21. The summed E-state index contributed by atoms with van der Waals surface area (Å²) in [4.78, 5) is 0. The van der Waals surface area contributed by atoms with Gasteiger partial charge in [0, 0.05) is 0 Å². The van der Waals surface area contributed by atoms with Crippen LogP contribution in [-0.4, -0.2) is 0 Å². The van der Waals surface area contributed by atoms with E-state index in [2.05, 4.69) is 47.1 Å². The van der Waals surface area contributed by atoms with Crippen molar-refractivity contribution in [1.82, 2.24) is 0 Å². The molecule has 52 valence electrons. The molecule has 1 aliphatic carbocycles. The van der Waals surface area contributed by atoms with Crippen LogP contribution in [0.4, 0.5) is 0 Å². The maximum Gasteiger partial charge on any atom is 0.0520 e. The first-order valence-corrected chi connectivity index (χ1v) is 4.27. The highest BCUT2D eigenvalue weighted by Gasteiger charge is 2.34. The Hall–Kier alpha value is -0.300. The van der Waals surface area contributed by atoms with Gasteiger partial charge >= 0.3 is 0 Å². The number of rotatable bonds is 0. The smallest absolute Gasteiger partial charge is 0.0520 e. The van der Waals surface area contributed by atoms with Crippen molar-refractivity contribution >= 4 is 15.9 Å². The summed E-state index contributed by atoms with van der Waals surface area (Å²) in [6.07, 6.45) is 1.17. The Morgan fingerprint density at radius 1 is 1.40 bits per heavy atom. The van der Waals surface area contributed by atoms with Gasteiger partial charge in [-0.05, 0) is 24.5 Å². The zero-order valence-electron chi connectivity index (χ0n) is 5.89. The fourth-order valence-corrected chi connectivity index (χ4v) is 2.22. The van der Waals surface area contributed by atoms with Crippen molar-refractivity contribution in [2.45, 2.75) is 17.7 Å². The van der Waals surface area contributed by atoms with E-state index in [4.69, 9.17) is 0 Å². The molecule has 1 aromatic carbocycles. The van der Waals surface area contributed by atoms with Gasteiger partial charge in [0.25, 0.3) is 0 Å². The van der Waals surface area contributed by atoms with E-state index in [1.807, 2.05) is 0 Å². The molecule has 1 unspecified atom stereocenters. The molecule has 0 saturated carbocycles. The van der Waals surface area contributed by atoms with E-state index in [1.54, 1.807) is 0 Å². The third kappa shape index (κ3) is 0.734. The van der Waals surface area contributed by atoms with Crippen molar-refractivity contribution in [3.8, 4) is 0 Å². The van der Waals surface area contributed by atoms with E-state index in [9.17, 15) is 0 Å². The van der Waals surface area contributed by atoms with Crippen molar-refractivity contribution in [3.05, 3.63) is 35.4 Å². The van der Waals surface area contributed by atoms with Crippen molar-refractivity contribution in [1.29, 1.82) is 0 Å². The molecule has 2 rings (SSSR count). The normalized spacial score (nSPS) is 29.0. The van der Waals surface area contributed by atoms with Gasteiger partial charge < -0.3 is 0 Å². The van der Waals surface area contributed by atoms with Crippen LogP contribution >= 0.6 is 15.9 Å². The van der Waals surface area contributed by atoms with Crippen LogP contribution in [0, 0.1) is 0 Å². The molecule has 0 saturated heterocycles. The van der Waals surface area contributed by atoms with Crippen LogP contribution in [-0.2, 0) is 10.7 Å². The molecular formula is C9H9Br. The molecule has 0 aromatic heterocycles. The second-order valence-electron chi connectivity index (χ2n) is 3.03. The Kier molecular flexibility index (Phi) is 1.19. The zero-order chi connectivity index (χ0) is 7.19. The van der Waals surface area contributed by atoms with Gasteiger partial charge in [-0.1, -0.05) is 40.2 Å². The minimum absolute atomic E-state index is 0.267. The predicted molar refractivity (Wildman–Crippen MR) is 46.4 cm³/mol. The van der Waals surface area contributed by atoms with Crippen molar-refractivity contribution in [3.63, 3.8) is 0 Å².